The van der Waals surface area contributed by atoms with Gasteiger partial charge in [0.25, 0.3) is 0 Å². The lowest BCUT2D eigenvalue weighted by atomic mass is 10.1. The second-order valence-corrected chi connectivity index (χ2v) is 9.38. The van der Waals surface area contributed by atoms with Crippen LogP contribution in [0.3, 0.4) is 0 Å². The molecule has 0 spiro atoms. The highest BCUT2D eigenvalue weighted by Gasteiger charge is 2.15. The van der Waals surface area contributed by atoms with Gasteiger partial charge < -0.3 is 10.6 Å². The van der Waals surface area contributed by atoms with Crippen LogP contribution < -0.4 is 10.6 Å². The Hall–Kier alpha value is -1.62. The van der Waals surface area contributed by atoms with Crippen molar-refractivity contribution in [3.8, 4) is 0 Å². The summed E-state index contributed by atoms with van der Waals surface area (Å²) in [6.45, 7) is 9.41. The summed E-state index contributed by atoms with van der Waals surface area (Å²) >= 11 is 0. The predicted molar refractivity (Wildman–Crippen MR) is 133 cm³/mol. The molecular weight excluding hydrogens is 513 g/mol. The van der Waals surface area contributed by atoms with Gasteiger partial charge in [0, 0.05) is 31.9 Å². The summed E-state index contributed by atoms with van der Waals surface area (Å²) in [7, 11) is -1.30. The van der Waals surface area contributed by atoms with Gasteiger partial charge in [0.1, 0.15) is 0 Å². The van der Waals surface area contributed by atoms with Gasteiger partial charge in [-0.2, -0.15) is 5.10 Å². The second kappa shape index (κ2) is 12.3. The third kappa shape index (κ3) is 7.57. The summed E-state index contributed by atoms with van der Waals surface area (Å²) in [6.07, 6.45) is 1.32. The van der Waals surface area contributed by atoms with E-state index >= 15 is 0 Å². The highest BCUT2D eigenvalue weighted by Crippen LogP contribution is 2.14. The Morgan fingerprint density at radius 3 is 2.47 bits per heavy atom. The lowest BCUT2D eigenvalue weighted by molar-refractivity contribution is 0.593. The number of nitrogens with zero attached hydrogens (tertiary/aromatic N) is 3. The van der Waals surface area contributed by atoms with Crippen LogP contribution in [0.25, 0.3) is 0 Å². The molecule has 0 saturated heterocycles. The molecule has 1 atom stereocenters. The summed E-state index contributed by atoms with van der Waals surface area (Å²) in [5.41, 5.74) is 3.47. The zero-order valence-corrected chi connectivity index (χ0v) is 21.6. The summed E-state index contributed by atoms with van der Waals surface area (Å²) in [5.74, 6) is 0.792. The maximum atomic E-state index is 12.4. The van der Waals surface area contributed by atoms with E-state index in [0.29, 0.717) is 23.8 Å². The molecule has 0 radical (unpaired) electrons. The minimum Gasteiger partial charge on any atom is -0.357 e. The number of hydrogen-bond donors (Lipinski definition) is 2. The highest BCUT2D eigenvalue weighted by atomic mass is 127. The molecule has 30 heavy (non-hydrogen) atoms. The fourth-order valence-electron chi connectivity index (χ4n) is 3.21. The molecule has 2 rings (SSSR count). The van der Waals surface area contributed by atoms with Crippen molar-refractivity contribution in [2.24, 2.45) is 12.0 Å². The minimum atomic E-state index is -3.26. The largest absolute Gasteiger partial charge is 0.357 e. The molecular formula is C21H34IN5O2S. The van der Waals surface area contributed by atoms with E-state index in [4.69, 9.17) is 0 Å². The number of halogens is 1. The SMILES string of the molecule is CCNC(=NCCCS(=O)(=O)c1ccccc1)NC(C)Cc1c(C)nn(C)c1C.I. The Bertz CT molecular complexity index is 926. The molecule has 1 heterocycles. The fourth-order valence-corrected chi connectivity index (χ4v) is 4.53. The molecule has 0 aliphatic carbocycles. The van der Waals surface area contributed by atoms with E-state index in [1.165, 1.54) is 11.3 Å². The van der Waals surface area contributed by atoms with Crippen molar-refractivity contribution in [2.45, 2.75) is 51.5 Å². The second-order valence-electron chi connectivity index (χ2n) is 7.27. The molecule has 9 heteroatoms. The van der Waals surface area contributed by atoms with Crippen molar-refractivity contribution >= 4 is 39.8 Å². The number of sulfone groups is 1. The molecule has 2 aromatic rings. The summed E-state index contributed by atoms with van der Waals surface area (Å²) in [4.78, 5) is 4.92. The van der Waals surface area contributed by atoms with Gasteiger partial charge in [-0.25, -0.2) is 8.42 Å². The minimum absolute atomic E-state index is 0. The first kappa shape index (κ1) is 26.4. The molecule has 2 N–H and O–H groups in total. The quantitative estimate of drug-likeness (QED) is 0.218. The van der Waals surface area contributed by atoms with Gasteiger partial charge in [-0.3, -0.25) is 9.67 Å². The third-order valence-electron chi connectivity index (χ3n) is 4.84. The van der Waals surface area contributed by atoms with Crippen LogP contribution in [0.15, 0.2) is 40.2 Å². The third-order valence-corrected chi connectivity index (χ3v) is 6.66. The maximum Gasteiger partial charge on any atom is 0.191 e. The number of aromatic nitrogens is 2. The van der Waals surface area contributed by atoms with Crippen molar-refractivity contribution in [2.75, 3.05) is 18.8 Å². The van der Waals surface area contributed by atoms with E-state index in [-0.39, 0.29) is 35.8 Å². The van der Waals surface area contributed by atoms with Gasteiger partial charge in [-0.15, -0.1) is 24.0 Å². The molecule has 1 aromatic heterocycles. The van der Waals surface area contributed by atoms with E-state index < -0.39 is 9.84 Å². The molecule has 0 aliphatic rings. The lowest BCUT2D eigenvalue weighted by Crippen LogP contribution is -2.43. The first-order valence-corrected chi connectivity index (χ1v) is 11.7. The number of nitrogens with one attached hydrogen (secondary N) is 2. The Labute approximate surface area is 197 Å². The van der Waals surface area contributed by atoms with E-state index in [1.807, 2.05) is 31.6 Å². The van der Waals surface area contributed by atoms with Crippen LogP contribution in [-0.2, 0) is 23.3 Å². The van der Waals surface area contributed by atoms with E-state index in [9.17, 15) is 8.42 Å². The highest BCUT2D eigenvalue weighted by molar-refractivity contribution is 14.0. The molecule has 0 saturated carbocycles. The van der Waals surface area contributed by atoms with Gasteiger partial charge in [-0.05, 0) is 58.2 Å². The van der Waals surface area contributed by atoms with Crippen LogP contribution >= 0.6 is 24.0 Å². The number of hydrogen-bond acceptors (Lipinski definition) is 4. The van der Waals surface area contributed by atoms with Gasteiger partial charge >= 0.3 is 0 Å². The standard InChI is InChI=1S/C21H33N5O2S.HI/c1-6-22-21(24-16(2)15-20-17(3)25-26(5)18(20)4)23-13-10-14-29(27,28)19-11-8-7-9-12-19;/h7-9,11-12,16H,6,10,13-15H2,1-5H3,(H2,22,23,24);1H. The van der Waals surface area contributed by atoms with E-state index in [2.05, 4.69) is 34.6 Å². The van der Waals surface area contributed by atoms with Crippen LogP contribution in [0.5, 0.6) is 0 Å². The van der Waals surface area contributed by atoms with Crippen molar-refractivity contribution in [3.63, 3.8) is 0 Å². The van der Waals surface area contributed by atoms with Crippen molar-refractivity contribution < 1.29 is 8.42 Å². The Kier molecular flexibility index (Phi) is 10.8. The smallest absolute Gasteiger partial charge is 0.191 e. The Morgan fingerprint density at radius 2 is 1.90 bits per heavy atom. The lowest BCUT2D eigenvalue weighted by Gasteiger charge is -2.18. The van der Waals surface area contributed by atoms with Crippen LogP contribution in [0, 0.1) is 13.8 Å². The number of guanidine groups is 1. The van der Waals surface area contributed by atoms with E-state index in [0.717, 1.165) is 18.7 Å². The van der Waals surface area contributed by atoms with E-state index in [1.54, 1.807) is 24.3 Å². The van der Waals surface area contributed by atoms with Gasteiger partial charge in [0.05, 0.1) is 16.3 Å². The summed E-state index contributed by atoms with van der Waals surface area (Å²) in [5, 5.41) is 11.1. The Balaban J connectivity index is 0.00000450. The number of aryl methyl sites for hydroxylation is 2. The fraction of sp³-hybridized carbons (Fsp3) is 0.524. The molecule has 0 bridgehead atoms. The van der Waals surface area contributed by atoms with Crippen LogP contribution in [-0.4, -0.2) is 49.0 Å². The molecule has 7 nitrogen and oxygen atoms in total. The van der Waals surface area contributed by atoms with Gasteiger partial charge in [0.2, 0.25) is 0 Å². The molecule has 0 amide bonds. The van der Waals surface area contributed by atoms with Crippen LogP contribution in [0.1, 0.15) is 37.2 Å². The zero-order valence-electron chi connectivity index (χ0n) is 18.5. The summed E-state index contributed by atoms with van der Waals surface area (Å²) in [6, 6.07) is 8.73. The van der Waals surface area contributed by atoms with Gasteiger partial charge in [-0.1, -0.05) is 18.2 Å². The first-order chi connectivity index (χ1) is 13.7. The predicted octanol–water partition coefficient (Wildman–Crippen LogP) is 3.01. The van der Waals surface area contributed by atoms with Crippen LogP contribution in [0.2, 0.25) is 0 Å². The maximum absolute atomic E-state index is 12.4. The number of aliphatic imine (C=N–C) groups is 1. The monoisotopic (exact) mass is 547 g/mol. The number of benzene rings is 1. The topological polar surface area (TPSA) is 88.4 Å². The zero-order chi connectivity index (χ0) is 21.4. The molecule has 0 fully saturated rings. The van der Waals surface area contributed by atoms with Crippen LogP contribution in [0.4, 0.5) is 0 Å². The van der Waals surface area contributed by atoms with Crippen molar-refractivity contribution in [3.05, 3.63) is 47.3 Å². The average molecular weight is 548 g/mol. The molecule has 1 aromatic carbocycles. The first-order valence-electron chi connectivity index (χ1n) is 10.1. The summed E-state index contributed by atoms with van der Waals surface area (Å²) < 4.78 is 26.6. The van der Waals surface area contributed by atoms with Crippen molar-refractivity contribution in [1.82, 2.24) is 20.4 Å². The average Bonchev–Trinajstić information content (AvgIpc) is 2.92. The van der Waals surface area contributed by atoms with Crippen molar-refractivity contribution in [1.29, 1.82) is 0 Å². The Morgan fingerprint density at radius 1 is 1.23 bits per heavy atom. The van der Waals surface area contributed by atoms with Gasteiger partial charge in [0.15, 0.2) is 15.8 Å². The molecule has 168 valence electrons. The molecule has 0 aliphatic heterocycles. The number of rotatable bonds is 9. The molecule has 1 unspecified atom stereocenters. The normalized spacial score (nSPS) is 12.9.